The Balaban J connectivity index is 1.87. The number of imidazole rings is 1. The zero-order valence-electron chi connectivity index (χ0n) is 11.1. The number of hydrogen-bond acceptors (Lipinski definition) is 3. The molecule has 0 aliphatic heterocycles. The Morgan fingerprint density at radius 2 is 2.00 bits per heavy atom. The molecule has 0 spiro atoms. The highest BCUT2D eigenvalue weighted by atomic mass is 32.1. The van der Waals surface area contributed by atoms with Gasteiger partial charge in [-0.3, -0.25) is 9.50 Å². The number of thiazole rings is 1. The average molecular weight is 292 g/mol. The van der Waals surface area contributed by atoms with E-state index in [0.29, 0.717) is 0 Å². The maximum atomic E-state index is 4.75. The van der Waals surface area contributed by atoms with Crippen LogP contribution in [0.3, 0.4) is 0 Å². The molecule has 5 heteroatoms. The van der Waals surface area contributed by atoms with Crippen LogP contribution in [0, 0.1) is 0 Å². The first-order valence-corrected chi connectivity index (χ1v) is 7.48. The topological polar surface area (TPSA) is 46.0 Å². The highest BCUT2D eigenvalue weighted by molar-refractivity contribution is 7.15. The molecule has 0 saturated heterocycles. The largest absolute Gasteiger partial charge is 0.290 e. The van der Waals surface area contributed by atoms with E-state index in [1.54, 1.807) is 17.5 Å². The van der Waals surface area contributed by atoms with Crippen molar-refractivity contribution in [1.29, 1.82) is 0 Å². The van der Waals surface area contributed by atoms with Crippen LogP contribution in [0.1, 0.15) is 11.4 Å². The van der Waals surface area contributed by atoms with Gasteiger partial charge in [0.2, 0.25) is 0 Å². The number of nitrogens with one attached hydrogen (secondary N) is 1. The predicted molar refractivity (Wildman–Crippen MR) is 86.0 cm³/mol. The van der Waals surface area contributed by atoms with Crippen LogP contribution in [0.4, 0.5) is 0 Å². The van der Waals surface area contributed by atoms with Crippen LogP contribution in [-0.2, 0) is 0 Å². The molecule has 0 aliphatic rings. The molecule has 3 heterocycles. The summed E-state index contributed by atoms with van der Waals surface area (Å²) in [4.78, 5) is 5.75. The molecule has 0 amide bonds. The van der Waals surface area contributed by atoms with Crippen molar-refractivity contribution in [1.82, 2.24) is 19.6 Å². The summed E-state index contributed by atoms with van der Waals surface area (Å²) in [6.07, 6.45) is 7.88. The van der Waals surface area contributed by atoms with Crippen LogP contribution < -0.4 is 0 Å². The molecule has 0 radical (unpaired) electrons. The van der Waals surface area contributed by atoms with Crippen LogP contribution in [0.5, 0.6) is 0 Å². The van der Waals surface area contributed by atoms with E-state index in [1.807, 2.05) is 41.9 Å². The zero-order chi connectivity index (χ0) is 14.1. The Kier molecular flexibility index (Phi) is 2.90. The summed E-state index contributed by atoms with van der Waals surface area (Å²) in [6, 6.07) is 12.2. The summed E-state index contributed by atoms with van der Waals surface area (Å²) in [6.45, 7) is 0. The highest BCUT2D eigenvalue weighted by Gasteiger charge is 2.12. The summed E-state index contributed by atoms with van der Waals surface area (Å²) in [5, 5.41) is 8.94. The van der Waals surface area contributed by atoms with Crippen LogP contribution in [0.25, 0.3) is 28.4 Å². The number of fused-ring (bicyclic) bond motifs is 1. The van der Waals surface area contributed by atoms with Gasteiger partial charge < -0.3 is 0 Å². The number of nitrogens with zero attached hydrogens (tertiary/aromatic N) is 3. The standard InChI is InChI=1S/C16H12N4S/c1-2-4-12(5-3-1)15-14(7-6-13-8-9-17-19-13)20-10-11-21-16(20)18-15/h1-11H,(H,17,19)/b7-6+. The molecule has 0 unspecified atom stereocenters. The van der Waals surface area contributed by atoms with Gasteiger partial charge in [-0.2, -0.15) is 5.10 Å². The Hall–Kier alpha value is -2.66. The first-order valence-electron chi connectivity index (χ1n) is 6.60. The second kappa shape index (κ2) is 5.03. The average Bonchev–Trinajstić information content (AvgIpc) is 3.23. The molecule has 0 aliphatic carbocycles. The molecule has 3 aromatic heterocycles. The fourth-order valence-electron chi connectivity index (χ4n) is 2.30. The number of aromatic nitrogens is 4. The van der Waals surface area contributed by atoms with Crippen LogP contribution >= 0.6 is 11.3 Å². The second-order valence-corrected chi connectivity index (χ2v) is 5.49. The van der Waals surface area contributed by atoms with Gasteiger partial charge in [-0.25, -0.2) is 4.98 Å². The van der Waals surface area contributed by atoms with Crippen LogP contribution in [-0.4, -0.2) is 19.6 Å². The molecule has 1 N–H and O–H groups in total. The predicted octanol–water partition coefficient (Wildman–Crippen LogP) is 3.96. The number of H-pyrrole nitrogens is 1. The molecular weight excluding hydrogens is 280 g/mol. The van der Waals surface area contributed by atoms with Crippen molar-refractivity contribution in [3.8, 4) is 11.3 Å². The maximum absolute atomic E-state index is 4.75. The van der Waals surface area contributed by atoms with Crippen LogP contribution in [0.2, 0.25) is 0 Å². The fraction of sp³-hybridized carbons (Fsp3) is 0. The summed E-state index contributed by atoms with van der Waals surface area (Å²) in [5.41, 5.74) is 4.17. The van der Waals surface area contributed by atoms with E-state index in [1.165, 1.54) is 0 Å². The van der Waals surface area contributed by atoms with Crippen molar-refractivity contribution in [3.05, 3.63) is 65.6 Å². The molecule has 0 fully saturated rings. The van der Waals surface area contributed by atoms with E-state index in [2.05, 4.69) is 32.8 Å². The van der Waals surface area contributed by atoms with Gasteiger partial charge in [0.05, 0.1) is 17.1 Å². The van der Waals surface area contributed by atoms with E-state index in [0.717, 1.165) is 27.6 Å². The Labute approximate surface area is 125 Å². The van der Waals surface area contributed by atoms with Gasteiger partial charge in [0.1, 0.15) is 0 Å². The third-order valence-corrected chi connectivity index (χ3v) is 4.05. The number of benzene rings is 1. The molecule has 1 aromatic carbocycles. The van der Waals surface area contributed by atoms with E-state index in [9.17, 15) is 0 Å². The first-order chi connectivity index (χ1) is 10.4. The Bertz CT molecular complexity index is 885. The molecule has 4 aromatic rings. The van der Waals surface area contributed by atoms with Crippen molar-refractivity contribution in [2.45, 2.75) is 0 Å². The fourth-order valence-corrected chi connectivity index (χ4v) is 3.02. The molecule has 4 nitrogen and oxygen atoms in total. The van der Waals surface area contributed by atoms with Crippen LogP contribution in [0.15, 0.2) is 54.2 Å². The molecule has 0 saturated carbocycles. The highest BCUT2D eigenvalue weighted by Crippen LogP contribution is 2.27. The zero-order valence-corrected chi connectivity index (χ0v) is 11.9. The van der Waals surface area contributed by atoms with E-state index >= 15 is 0 Å². The van der Waals surface area contributed by atoms with Gasteiger partial charge in [0.25, 0.3) is 0 Å². The molecule has 21 heavy (non-hydrogen) atoms. The summed E-state index contributed by atoms with van der Waals surface area (Å²) in [5.74, 6) is 0. The van der Waals surface area contributed by atoms with Gasteiger partial charge in [-0.05, 0) is 18.2 Å². The van der Waals surface area contributed by atoms with Gasteiger partial charge in [-0.1, -0.05) is 30.3 Å². The SMILES string of the molecule is C(=C\c1c(-c2ccccc2)nc2sccn12)/c1ccn[nH]1. The first kappa shape index (κ1) is 12.1. The molecule has 4 rings (SSSR count). The van der Waals surface area contributed by atoms with Crippen molar-refractivity contribution in [2.75, 3.05) is 0 Å². The Morgan fingerprint density at radius 3 is 2.81 bits per heavy atom. The van der Waals surface area contributed by atoms with E-state index in [4.69, 9.17) is 4.98 Å². The van der Waals surface area contributed by atoms with Crippen molar-refractivity contribution >= 4 is 28.4 Å². The van der Waals surface area contributed by atoms with Gasteiger partial charge in [0, 0.05) is 23.3 Å². The minimum Gasteiger partial charge on any atom is -0.290 e. The lowest BCUT2D eigenvalue weighted by Crippen LogP contribution is -1.85. The maximum Gasteiger partial charge on any atom is 0.194 e. The monoisotopic (exact) mass is 292 g/mol. The lowest BCUT2D eigenvalue weighted by molar-refractivity contribution is 1.08. The lowest BCUT2D eigenvalue weighted by Gasteiger charge is -1.99. The van der Waals surface area contributed by atoms with Crippen molar-refractivity contribution < 1.29 is 0 Å². The van der Waals surface area contributed by atoms with E-state index in [-0.39, 0.29) is 0 Å². The summed E-state index contributed by atoms with van der Waals surface area (Å²) in [7, 11) is 0. The quantitative estimate of drug-likeness (QED) is 0.621. The van der Waals surface area contributed by atoms with Crippen molar-refractivity contribution in [3.63, 3.8) is 0 Å². The van der Waals surface area contributed by atoms with Gasteiger partial charge in [-0.15, -0.1) is 11.3 Å². The summed E-state index contributed by atoms with van der Waals surface area (Å²) >= 11 is 1.64. The van der Waals surface area contributed by atoms with Crippen molar-refractivity contribution in [2.24, 2.45) is 0 Å². The minimum atomic E-state index is 0.971. The summed E-state index contributed by atoms with van der Waals surface area (Å²) < 4.78 is 2.11. The number of rotatable bonds is 3. The smallest absolute Gasteiger partial charge is 0.194 e. The lowest BCUT2D eigenvalue weighted by atomic mass is 10.1. The van der Waals surface area contributed by atoms with Gasteiger partial charge in [0.15, 0.2) is 4.96 Å². The molecule has 0 bridgehead atoms. The molecule has 102 valence electrons. The minimum absolute atomic E-state index is 0.971. The third kappa shape index (κ3) is 2.17. The molecular formula is C16H12N4S. The number of hydrogen-bond donors (Lipinski definition) is 1. The molecule has 0 atom stereocenters. The third-order valence-electron chi connectivity index (χ3n) is 3.29. The number of aromatic amines is 1. The Morgan fingerprint density at radius 1 is 1.10 bits per heavy atom. The second-order valence-electron chi connectivity index (χ2n) is 4.61. The normalized spacial score (nSPS) is 11.6. The van der Waals surface area contributed by atoms with Gasteiger partial charge >= 0.3 is 0 Å². The van der Waals surface area contributed by atoms with E-state index < -0.39 is 0 Å².